The average molecular weight is 1480 g/mol. The van der Waals surface area contributed by atoms with Gasteiger partial charge in [0.15, 0.2) is 23.3 Å². The Labute approximate surface area is 593 Å². The molecule has 12 aromatic heterocycles. The Bertz CT molecular complexity index is 5580. The summed E-state index contributed by atoms with van der Waals surface area (Å²) < 4.78 is 115. The summed E-state index contributed by atoms with van der Waals surface area (Å²) in [5.41, 5.74) is 2.80. The number of para-hydroxylation sites is 1. The maximum Gasteiger partial charge on any atom is 0.265 e. The SMILES string of the molecule is Cc1nc(NS(=O)(=O)c2ccc(Cl)nc2)nc(-c2ccccn2)n1.Cc1nc(NS(=O)(=O)c2ccc(N3CCOCC3)nc2)nc(-c2ccccn2)n1.Cc1nc(NS(=O)(=O)c2cccnc2)nc(-c2ccccn2)n1.Cc1nc(NS(=O)(=O)c2cnc3ccccc3c2)nc(-c2ccccn2)n1. The van der Waals surface area contributed by atoms with Crippen molar-refractivity contribution in [3.05, 3.63) is 224 Å². The molecule has 0 saturated carbocycles. The number of aryl methyl sites for hydroxylation is 4. The van der Waals surface area contributed by atoms with E-state index in [1.54, 1.807) is 143 Å². The highest BCUT2D eigenvalue weighted by Gasteiger charge is 2.24. The normalized spacial score (nSPS) is 12.2. The Morgan fingerprint density at radius 2 is 0.738 bits per heavy atom. The van der Waals surface area contributed by atoms with Crippen LogP contribution in [0.25, 0.3) is 57.0 Å². The minimum atomic E-state index is -3.91. The second-order valence-corrected chi connectivity index (χ2v) is 28.3. The third kappa shape index (κ3) is 19.6. The smallest absolute Gasteiger partial charge is 0.265 e. The van der Waals surface area contributed by atoms with Gasteiger partial charge in [0.05, 0.1) is 18.7 Å². The molecule has 0 bridgehead atoms. The number of anilines is 5. The first-order chi connectivity index (χ1) is 49.5. The molecule has 0 amide bonds. The Morgan fingerprint density at radius 3 is 1.11 bits per heavy atom. The number of hydrogen-bond donors (Lipinski definition) is 4. The fraction of sp³-hybridized carbons (Fsp3) is 0.125. The van der Waals surface area contributed by atoms with Gasteiger partial charge in [0, 0.05) is 74.2 Å². The lowest BCUT2D eigenvalue weighted by molar-refractivity contribution is 0.122. The van der Waals surface area contributed by atoms with Crippen LogP contribution in [0, 0.1) is 27.7 Å². The number of ether oxygens (including phenoxy) is 1. The number of nitrogens with zero attached hydrogens (tertiary/aromatic N) is 21. The van der Waals surface area contributed by atoms with Gasteiger partial charge in [0.25, 0.3) is 40.1 Å². The van der Waals surface area contributed by atoms with Crippen molar-refractivity contribution in [3.63, 3.8) is 0 Å². The van der Waals surface area contributed by atoms with E-state index in [0.29, 0.717) is 76.4 Å². The lowest BCUT2D eigenvalue weighted by Gasteiger charge is -2.27. The molecule has 1 fully saturated rings. The van der Waals surface area contributed by atoms with Crippen molar-refractivity contribution in [2.45, 2.75) is 47.3 Å². The van der Waals surface area contributed by atoms with E-state index in [1.165, 1.54) is 55.1 Å². The topological polar surface area (TPSA) is 455 Å². The molecule has 103 heavy (non-hydrogen) atoms. The zero-order valence-corrected chi connectivity index (χ0v) is 58.4. The number of halogens is 1. The molecular formula is C64H56ClN25O9S4. The van der Waals surface area contributed by atoms with Crippen LogP contribution in [-0.4, -0.2) is 160 Å². The molecule has 39 heteroatoms. The number of aromatic nitrogens is 20. The van der Waals surface area contributed by atoms with E-state index in [4.69, 9.17) is 16.3 Å². The number of morpholine rings is 1. The van der Waals surface area contributed by atoms with E-state index < -0.39 is 40.1 Å². The molecule has 1 aliphatic rings. The van der Waals surface area contributed by atoms with Crippen LogP contribution in [0.4, 0.5) is 29.6 Å². The Morgan fingerprint density at radius 1 is 0.359 bits per heavy atom. The van der Waals surface area contributed by atoms with Crippen molar-refractivity contribution in [1.82, 2.24) is 99.7 Å². The van der Waals surface area contributed by atoms with Crippen LogP contribution in [0.3, 0.4) is 0 Å². The first kappa shape index (κ1) is 72.0. The summed E-state index contributed by atoms with van der Waals surface area (Å²) in [7, 11) is -15.5. The van der Waals surface area contributed by atoms with Crippen molar-refractivity contribution in [3.8, 4) is 46.1 Å². The van der Waals surface area contributed by atoms with Gasteiger partial charge in [-0.15, -0.1) is 0 Å². The van der Waals surface area contributed by atoms with Gasteiger partial charge >= 0.3 is 0 Å². The van der Waals surface area contributed by atoms with Crippen LogP contribution < -0.4 is 23.8 Å². The van der Waals surface area contributed by atoms with E-state index in [2.05, 4.69) is 119 Å². The summed E-state index contributed by atoms with van der Waals surface area (Å²) in [5, 5.41) is 0.920. The van der Waals surface area contributed by atoms with Crippen LogP contribution >= 0.6 is 11.6 Å². The number of hydrogen-bond acceptors (Lipinski definition) is 30. The summed E-state index contributed by atoms with van der Waals surface area (Å²) in [5.74, 6) is 3.03. The van der Waals surface area contributed by atoms with Gasteiger partial charge in [-0.3, -0.25) is 29.9 Å². The number of benzene rings is 1. The van der Waals surface area contributed by atoms with Crippen LogP contribution in [0.5, 0.6) is 0 Å². The van der Waals surface area contributed by atoms with Gasteiger partial charge in [-0.2, -0.15) is 39.9 Å². The molecule has 0 atom stereocenters. The zero-order valence-electron chi connectivity index (χ0n) is 54.4. The summed E-state index contributed by atoms with van der Waals surface area (Å²) >= 11 is 5.67. The standard InChI is InChI=1S/C18H19N7O3S.C18H14N6O2S.C14H11ClN6O2S.C14H12N6O2S/c1-13-21-17(15-4-2-3-7-19-15)23-18(22-13)24-29(26,27)14-5-6-16(20-12-14)25-8-10-28-11-9-25;1-12-21-17(16-8-4-5-9-19-16)23-18(22-12)24-27(25,26)14-10-13-6-2-3-7-15(13)20-11-14;1-9-18-13(11-4-2-3-7-16-11)20-14(19-9)21-24(22,23)10-5-6-12(15)17-8-10;1-10-17-13(12-6-2-3-8-16-12)19-14(18-10)20-23(21,22)11-5-4-7-15-9-11/h2-7,12H,8-11H2,1H3,(H,21,22,23,24);2-11H,1H3,(H,21,22,23,24);2-8H,1H3,(H,18,19,20,21);2-9H,1H3,(H,17,18,19,20). The number of rotatable bonds is 17. The Balaban J connectivity index is 0.000000138. The van der Waals surface area contributed by atoms with E-state index >= 15 is 0 Å². The van der Waals surface area contributed by atoms with Crippen LogP contribution in [0.15, 0.2) is 215 Å². The fourth-order valence-corrected chi connectivity index (χ4v) is 12.7. The van der Waals surface area contributed by atoms with E-state index in [1.807, 2.05) is 23.1 Å². The molecule has 13 aromatic rings. The Kier molecular flexibility index (Phi) is 22.7. The van der Waals surface area contributed by atoms with Crippen molar-refractivity contribution >= 4 is 92.2 Å². The second-order valence-electron chi connectivity index (χ2n) is 21.2. The van der Waals surface area contributed by atoms with Crippen molar-refractivity contribution in [2.24, 2.45) is 0 Å². The van der Waals surface area contributed by atoms with Gasteiger partial charge in [-0.25, -0.2) is 82.5 Å². The quantitative estimate of drug-likeness (QED) is 0.0645. The second kappa shape index (κ2) is 32.4. The van der Waals surface area contributed by atoms with Gasteiger partial charge < -0.3 is 9.64 Å². The molecule has 4 N–H and O–H groups in total. The molecule has 1 saturated heterocycles. The van der Waals surface area contributed by atoms with Crippen molar-refractivity contribution in [2.75, 3.05) is 50.1 Å². The zero-order chi connectivity index (χ0) is 72.6. The number of pyridine rings is 8. The van der Waals surface area contributed by atoms with E-state index in [0.717, 1.165) is 24.7 Å². The largest absolute Gasteiger partial charge is 0.378 e. The molecule has 0 unspecified atom stereocenters. The molecule has 522 valence electrons. The van der Waals surface area contributed by atoms with Gasteiger partial charge in [-0.05, 0) is 125 Å². The van der Waals surface area contributed by atoms with Crippen molar-refractivity contribution < 1.29 is 38.4 Å². The minimum Gasteiger partial charge on any atom is -0.378 e. The van der Waals surface area contributed by atoms with Gasteiger partial charge in [0.1, 0.15) is 76.6 Å². The molecule has 0 radical (unpaired) electrons. The molecule has 1 aliphatic heterocycles. The number of fused-ring (bicyclic) bond motifs is 1. The first-order valence-corrected chi connectivity index (χ1v) is 36.6. The van der Waals surface area contributed by atoms with Crippen molar-refractivity contribution in [1.29, 1.82) is 0 Å². The number of nitrogens with one attached hydrogen (secondary N) is 4. The average Bonchev–Trinajstić information content (AvgIpc) is 0.823. The lowest BCUT2D eigenvalue weighted by Crippen LogP contribution is -2.36. The lowest BCUT2D eigenvalue weighted by atomic mass is 10.2. The molecular weight excluding hydrogens is 1430 g/mol. The van der Waals surface area contributed by atoms with E-state index in [-0.39, 0.29) is 66.0 Å². The summed E-state index contributed by atoms with van der Waals surface area (Å²) in [4.78, 5) is 84.3. The first-order valence-electron chi connectivity index (χ1n) is 30.3. The van der Waals surface area contributed by atoms with Crippen LogP contribution in [0.1, 0.15) is 23.3 Å². The molecule has 34 nitrogen and oxygen atoms in total. The molecule has 13 heterocycles. The summed E-state index contributed by atoms with van der Waals surface area (Å²) in [6.07, 6.45) is 12.9. The third-order valence-corrected chi connectivity index (χ3v) is 19.1. The third-order valence-electron chi connectivity index (χ3n) is 13.7. The molecule has 0 aliphatic carbocycles. The number of sulfonamides is 4. The maximum absolute atomic E-state index is 12.7. The minimum absolute atomic E-state index is 0.0203. The highest BCUT2D eigenvalue weighted by Crippen LogP contribution is 2.24. The highest BCUT2D eigenvalue weighted by atomic mass is 35.5. The molecule has 1 aromatic carbocycles. The molecule has 0 spiro atoms. The predicted octanol–water partition coefficient (Wildman–Crippen LogP) is 7.39. The Hall–Kier alpha value is -12.2. The van der Waals surface area contributed by atoms with Gasteiger partial charge in [-0.1, -0.05) is 54.1 Å². The summed E-state index contributed by atoms with van der Waals surface area (Å²) in [6.45, 7) is 9.29. The fourth-order valence-electron chi connectivity index (χ4n) is 9.00. The highest BCUT2D eigenvalue weighted by molar-refractivity contribution is 7.93. The van der Waals surface area contributed by atoms with E-state index in [9.17, 15) is 33.7 Å². The monoisotopic (exact) mass is 1480 g/mol. The van der Waals surface area contributed by atoms with Gasteiger partial charge in [0.2, 0.25) is 23.8 Å². The van der Waals surface area contributed by atoms with Crippen LogP contribution in [-0.2, 0) is 44.8 Å². The van der Waals surface area contributed by atoms with Crippen LogP contribution in [0.2, 0.25) is 5.15 Å². The maximum atomic E-state index is 12.7. The predicted molar refractivity (Wildman–Crippen MR) is 377 cm³/mol. The summed E-state index contributed by atoms with van der Waals surface area (Å²) in [6, 6.07) is 38.9. The molecule has 14 rings (SSSR count).